The minimum absolute atomic E-state index is 0.250. The Labute approximate surface area is 121 Å². The molecule has 1 heterocycles. The number of aliphatic hydroxyl groups is 1. The predicted octanol–water partition coefficient (Wildman–Crippen LogP) is 4.34. The van der Waals surface area contributed by atoms with E-state index in [4.69, 9.17) is 16.3 Å². The van der Waals surface area contributed by atoms with Crippen LogP contribution in [0.2, 0.25) is 5.02 Å². The van der Waals surface area contributed by atoms with Gasteiger partial charge in [0.25, 0.3) is 0 Å². The monoisotopic (exact) mass is 292 g/mol. The molecule has 1 N–H and O–H groups in total. The lowest BCUT2D eigenvalue weighted by Gasteiger charge is -2.30. The zero-order chi connectivity index (χ0) is 14.3. The van der Waals surface area contributed by atoms with Crippen molar-refractivity contribution in [3.8, 4) is 5.75 Å². The third-order valence-electron chi connectivity index (χ3n) is 3.62. The average Bonchev–Trinajstić information content (AvgIpc) is 2.39. The van der Waals surface area contributed by atoms with Crippen LogP contribution in [0.3, 0.4) is 0 Å². The third kappa shape index (κ3) is 2.39. The normalized spacial score (nSPS) is 21.2. The van der Waals surface area contributed by atoms with Gasteiger partial charge in [-0.15, -0.1) is 0 Å². The molecule has 0 aromatic heterocycles. The van der Waals surface area contributed by atoms with Crippen LogP contribution in [0.5, 0.6) is 5.75 Å². The molecule has 2 nitrogen and oxygen atoms in total. The maximum Gasteiger partial charge on any atom is 0.127 e. The summed E-state index contributed by atoms with van der Waals surface area (Å²) in [5.74, 6) is 0.164. The van der Waals surface area contributed by atoms with Gasteiger partial charge in [0.15, 0.2) is 0 Å². The first kappa shape index (κ1) is 13.4. The van der Waals surface area contributed by atoms with Gasteiger partial charge in [0.1, 0.15) is 17.7 Å². The lowest BCUT2D eigenvalue weighted by atomic mass is 9.93. The number of rotatable bonds is 1. The Morgan fingerprint density at radius 3 is 2.75 bits per heavy atom. The molecule has 20 heavy (non-hydrogen) atoms. The maximum atomic E-state index is 13.2. The molecule has 0 saturated carbocycles. The zero-order valence-corrected chi connectivity index (χ0v) is 11.7. The van der Waals surface area contributed by atoms with Crippen LogP contribution in [0.25, 0.3) is 0 Å². The number of halogens is 2. The second-order valence-corrected chi connectivity index (χ2v) is 5.48. The smallest absolute Gasteiger partial charge is 0.127 e. The van der Waals surface area contributed by atoms with Gasteiger partial charge in [-0.3, -0.25) is 0 Å². The molecule has 2 atom stereocenters. The Kier molecular flexibility index (Phi) is 3.40. The van der Waals surface area contributed by atoms with Crippen molar-refractivity contribution < 1.29 is 14.2 Å². The van der Waals surface area contributed by atoms with Gasteiger partial charge in [-0.05, 0) is 48.4 Å². The average molecular weight is 293 g/mol. The van der Waals surface area contributed by atoms with Crippen molar-refractivity contribution in [3.05, 3.63) is 63.9 Å². The summed E-state index contributed by atoms with van der Waals surface area (Å²) < 4.78 is 19.1. The van der Waals surface area contributed by atoms with Crippen LogP contribution in [0, 0.1) is 12.7 Å². The van der Waals surface area contributed by atoms with Gasteiger partial charge in [0, 0.05) is 17.0 Å². The third-order valence-corrected chi connectivity index (χ3v) is 3.85. The van der Waals surface area contributed by atoms with Gasteiger partial charge in [0.05, 0.1) is 6.10 Å². The number of aliphatic hydroxyl groups excluding tert-OH is 1. The van der Waals surface area contributed by atoms with Gasteiger partial charge in [0.2, 0.25) is 0 Å². The van der Waals surface area contributed by atoms with Gasteiger partial charge < -0.3 is 9.84 Å². The van der Waals surface area contributed by atoms with E-state index in [1.165, 1.54) is 12.1 Å². The molecule has 0 spiro atoms. The van der Waals surface area contributed by atoms with Gasteiger partial charge in [-0.1, -0.05) is 17.7 Å². The van der Waals surface area contributed by atoms with Crippen molar-refractivity contribution in [2.75, 3.05) is 0 Å². The molecule has 0 fully saturated rings. The highest BCUT2D eigenvalue weighted by molar-refractivity contribution is 6.30. The van der Waals surface area contributed by atoms with E-state index in [0.717, 1.165) is 11.1 Å². The lowest BCUT2D eigenvalue weighted by molar-refractivity contribution is 0.0650. The van der Waals surface area contributed by atoms with Crippen LogP contribution in [-0.4, -0.2) is 5.11 Å². The standard InChI is InChI=1S/C16H14ClFO2/c1-9-6-10(17)2-4-12(9)16-8-14(19)13-7-11(18)3-5-15(13)20-16/h2-7,14,16,19H,8H2,1H3. The predicted molar refractivity (Wildman–Crippen MR) is 75.5 cm³/mol. The van der Waals surface area contributed by atoms with E-state index < -0.39 is 6.10 Å². The molecule has 2 aromatic rings. The molecular weight excluding hydrogens is 279 g/mol. The first-order valence-electron chi connectivity index (χ1n) is 6.45. The summed E-state index contributed by atoms with van der Waals surface area (Å²) in [7, 11) is 0. The summed E-state index contributed by atoms with van der Waals surface area (Å²) in [6.45, 7) is 1.96. The molecule has 0 saturated heterocycles. The molecule has 0 radical (unpaired) electrons. The fraction of sp³-hybridized carbons (Fsp3) is 0.250. The molecule has 0 aliphatic carbocycles. The van der Waals surface area contributed by atoms with Crippen LogP contribution < -0.4 is 4.74 Å². The van der Waals surface area contributed by atoms with Crippen LogP contribution >= 0.6 is 11.6 Å². The van der Waals surface area contributed by atoms with Crippen LogP contribution in [0.4, 0.5) is 4.39 Å². The lowest BCUT2D eigenvalue weighted by Crippen LogP contribution is -2.19. The quantitative estimate of drug-likeness (QED) is 0.847. The van der Waals surface area contributed by atoms with Gasteiger partial charge >= 0.3 is 0 Å². The number of hydrogen-bond acceptors (Lipinski definition) is 2. The summed E-state index contributed by atoms with van der Waals surface area (Å²) >= 11 is 5.95. The van der Waals surface area contributed by atoms with Crippen molar-refractivity contribution in [2.45, 2.75) is 25.6 Å². The van der Waals surface area contributed by atoms with Crippen LogP contribution in [0.1, 0.15) is 35.3 Å². The summed E-state index contributed by atoms with van der Waals surface area (Å²) in [6, 6.07) is 9.80. The number of fused-ring (bicyclic) bond motifs is 1. The minimum atomic E-state index is -0.727. The summed E-state index contributed by atoms with van der Waals surface area (Å²) in [5.41, 5.74) is 2.51. The van der Waals surface area contributed by atoms with E-state index in [-0.39, 0.29) is 11.9 Å². The van der Waals surface area contributed by atoms with E-state index >= 15 is 0 Å². The second kappa shape index (κ2) is 5.08. The summed E-state index contributed by atoms with van der Waals surface area (Å²) in [4.78, 5) is 0. The first-order chi connectivity index (χ1) is 9.54. The number of ether oxygens (including phenoxy) is 1. The topological polar surface area (TPSA) is 29.5 Å². The van der Waals surface area contributed by atoms with Crippen molar-refractivity contribution in [3.63, 3.8) is 0 Å². The fourth-order valence-corrected chi connectivity index (χ4v) is 2.84. The zero-order valence-electron chi connectivity index (χ0n) is 10.9. The van der Waals surface area contributed by atoms with Crippen LogP contribution in [0.15, 0.2) is 36.4 Å². The highest BCUT2D eigenvalue weighted by Gasteiger charge is 2.29. The molecule has 0 amide bonds. The van der Waals surface area contributed by atoms with Gasteiger partial charge in [-0.25, -0.2) is 4.39 Å². The fourth-order valence-electron chi connectivity index (χ4n) is 2.61. The van der Waals surface area contributed by atoms with E-state index in [1.54, 1.807) is 12.1 Å². The Hall–Kier alpha value is -1.58. The molecule has 104 valence electrons. The van der Waals surface area contributed by atoms with E-state index in [2.05, 4.69) is 0 Å². The first-order valence-corrected chi connectivity index (χ1v) is 6.82. The Balaban J connectivity index is 1.97. The Morgan fingerprint density at radius 1 is 1.20 bits per heavy atom. The highest BCUT2D eigenvalue weighted by atomic mass is 35.5. The van der Waals surface area contributed by atoms with Crippen molar-refractivity contribution in [1.82, 2.24) is 0 Å². The second-order valence-electron chi connectivity index (χ2n) is 5.04. The largest absolute Gasteiger partial charge is 0.485 e. The van der Waals surface area contributed by atoms with Crippen molar-refractivity contribution in [2.24, 2.45) is 0 Å². The molecular formula is C16H14ClFO2. The number of benzene rings is 2. The van der Waals surface area contributed by atoms with Crippen LogP contribution in [-0.2, 0) is 0 Å². The SMILES string of the molecule is Cc1cc(Cl)ccc1C1CC(O)c2cc(F)ccc2O1. The molecule has 4 heteroatoms. The minimum Gasteiger partial charge on any atom is -0.485 e. The highest BCUT2D eigenvalue weighted by Crippen LogP contribution is 2.41. The summed E-state index contributed by atoms with van der Waals surface area (Å²) in [5, 5.41) is 10.9. The Bertz CT molecular complexity index is 657. The molecule has 0 bridgehead atoms. The van der Waals surface area contributed by atoms with Crippen molar-refractivity contribution in [1.29, 1.82) is 0 Å². The number of aryl methyl sites for hydroxylation is 1. The Morgan fingerprint density at radius 2 is 2.00 bits per heavy atom. The molecule has 1 aliphatic rings. The molecule has 1 aliphatic heterocycles. The van der Waals surface area contributed by atoms with Gasteiger partial charge in [-0.2, -0.15) is 0 Å². The van der Waals surface area contributed by atoms with Crippen molar-refractivity contribution >= 4 is 11.6 Å². The molecule has 3 rings (SSSR count). The summed E-state index contributed by atoms with van der Waals surface area (Å²) in [6.07, 6.45) is -0.575. The maximum absolute atomic E-state index is 13.2. The van der Waals surface area contributed by atoms with E-state index in [0.29, 0.717) is 22.8 Å². The number of hydrogen-bond donors (Lipinski definition) is 1. The molecule has 2 aromatic carbocycles. The van der Waals surface area contributed by atoms with E-state index in [9.17, 15) is 9.50 Å². The molecule has 2 unspecified atom stereocenters. The van der Waals surface area contributed by atoms with E-state index in [1.807, 2.05) is 19.1 Å².